The Labute approximate surface area is 165 Å². The standard InChI is InChI=1S/C15H18F10O4S/c1-9(2)11(26)29-5-7-30(27,28)6-3-4-10(13(17,18)19)8-12(16,14(20,21)22)15(23,24)25/h10H,1,3-8H2,2H3. The van der Waals surface area contributed by atoms with Crippen LogP contribution in [-0.4, -0.2) is 56.7 Å². The number of carbonyl (C=O) groups is 1. The molecule has 30 heavy (non-hydrogen) atoms. The van der Waals surface area contributed by atoms with E-state index in [1.54, 1.807) is 0 Å². The van der Waals surface area contributed by atoms with E-state index < -0.39 is 83.3 Å². The van der Waals surface area contributed by atoms with Crippen molar-refractivity contribution < 1.29 is 61.9 Å². The lowest BCUT2D eigenvalue weighted by atomic mass is 9.87. The number of alkyl halides is 10. The van der Waals surface area contributed by atoms with Crippen LogP contribution in [0, 0.1) is 5.92 Å². The van der Waals surface area contributed by atoms with E-state index in [2.05, 4.69) is 11.3 Å². The van der Waals surface area contributed by atoms with E-state index in [-0.39, 0.29) is 5.57 Å². The summed E-state index contributed by atoms with van der Waals surface area (Å²) in [6, 6.07) is 0. The minimum absolute atomic E-state index is 0.0653. The second-order valence-electron chi connectivity index (χ2n) is 6.45. The Morgan fingerprint density at radius 1 is 0.933 bits per heavy atom. The van der Waals surface area contributed by atoms with E-state index in [0.29, 0.717) is 0 Å². The van der Waals surface area contributed by atoms with Crippen LogP contribution >= 0.6 is 0 Å². The minimum Gasteiger partial charge on any atom is -0.461 e. The number of rotatable bonds is 10. The highest BCUT2D eigenvalue weighted by Gasteiger charge is 2.73. The summed E-state index contributed by atoms with van der Waals surface area (Å²) in [6.45, 7) is 3.77. The average molecular weight is 484 g/mol. The van der Waals surface area contributed by atoms with E-state index in [1.165, 1.54) is 6.92 Å². The van der Waals surface area contributed by atoms with Crippen molar-refractivity contribution in [3.63, 3.8) is 0 Å². The van der Waals surface area contributed by atoms with Crippen molar-refractivity contribution in [2.24, 2.45) is 5.92 Å². The predicted octanol–water partition coefficient (Wildman–Crippen LogP) is 4.70. The van der Waals surface area contributed by atoms with Crippen LogP contribution < -0.4 is 0 Å². The van der Waals surface area contributed by atoms with Crippen LogP contribution in [0.1, 0.15) is 26.2 Å². The lowest BCUT2D eigenvalue weighted by molar-refractivity contribution is -0.352. The molecule has 0 aliphatic heterocycles. The summed E-state index contributed by atoms with van der Waals surface area (Å²) in [5, 5.41) is 0. The van der Waals surface area contributed by atoms with E-state index in [4.69, 9.17) is 0 Å². The van der Waals surface area contributed by atoms with E-state index >= 15 is 0 Å². The third-order valence-corrected chi connectivity index (χ3v) is 5.57. The predicted molar refractivity (Wildman–Crippen MR) is 83.8 cm³/mol. The third-order valence-electron chi connectivity index (χ3n) is 3.87. The number of carbonyl (C=O) groups excluding carboxylic acids is 1. The number of esters is 1. The zero-order chi connectivity index (χ0) is 24.2. The molecule has 0 rings (SSSR count). The molecule has 0 fully saturated rings. The molecule has 15 heteroatoms. The molecule has 1 atom stereocenters. The first-order valence-corrected chi connectivity index (χ1v) is 9.88. The van der Waals surface area contributed by atoms with Gasteiger partial charge in [-0.05, 0) is 19.8 Å². The molecule has 4 nitrogen and oxygen atoms in total. The summed E-state index contributed by atoms with van der Waals surface area (Å²) in [4.78, 5) is 11.1. The Kier molecular flexibility index (Phi) is 9.23. The summed E-state index contributed by atoms with van der Waals surface area (Å²) in [6.07, 6.45) is -24.4. The molecule has 0 heterocycles. The van der Waals surface area contributed by atoms with Gasteiger partial charge in [-0.2, -0.15) is 39.5 Å². The average Bonchev–Trinajstić information content (AvgIpc) is 2.49. The van der Waals surface area contributed by atoms with Crippen LogP contribution in [0.25, 0.3) is 0 Å². The SMILES string of the molecule is C=C(C)C(=O)OCCS(=O)(=O)CCCC(CC(F)(C(F)(F)F)C(F)(F)F)C(F)(F)F. The van der Waals surface area contributed by atoms with Gasteiger partial charge in [0, 0.05) is 12.0 Å². The maximum Gasteiger partial charge on any atom is 0.431 e. The Morgan fingerprint density at radius 2 is 1.40 bits per heavy atom. The number of hydrogen-bond donors (Lipinski definition) is 0. The summed E-state index contributed by atoms with van der Waals surface area (Å²) in [5.41, 5.74) is -6.18. The summed E-state index contributed by atoms with van der Waals surface area (Å²) in [7, 11) is -4.16. The van der Waals surface area contributed by atoms with E-state index in [1.807, 2.05) is 0 Å². The van der Waals surface area contributed by atoms with Crippen LogP contribution in [0.3, 0.4) is 0 Å². The molecule has 0 N–H and O–H groups in total. The lowest BCUT2D eigenvalue weighted by Gasteiger charge is -2.33. The Balaban J connectivity index is 5.15. The maximum atomic E-state index is 13.6. The molecule has 0 aromatic rings. The number of halogens is 10. The van der Waals surface area contributed by atoms with Crippen molar-refractivity contribution in [2.75, 3.05) is 18.1 Å². The Bertz CT molecular complexity index is 692. The van der Waals surface area contributed by atoms with Gasteiger partial charge in [0.05, 0.1) is 17.4 Å². The molecule has 0 aromatic carbocycles. The Hall–Kier alpha value is -1.54. The molecule has 0 amide bonds. The minimum atomic E-state index is -6.66. The molecule has 0 saturated heterocycles. The first-order chi connectivity index (χ1) is 13.1. The second kappa shape index (κ2) is 9.73. The van der Waals surface area contributed by atoms with Gasteiger partial charge in [0.1, 0.15) is 6.61 Å². The fourth-order valence-electron chi connectivity index (χ4n) is 2.15. The van der Waals surface area contributed by atoms with Crippen LogP contribution in [-0.2, 0) is 19.4 Å². The fraction of sp³-hybridized carbons (Fsp3) is 0.800. The second-order valence-corrected chi connectivity index (χ2v) is 8.75. The highest BCUT2D eigenvalue weighted by molar-refractivity contribution is 7.91. The van der Waals surface area contributed by atoms with Gasteiger partial charge < -0.3 is 4.74 Å². The van der Waals surface area contributed by atoms with Gasteiger partial charge >= 0.3 is 24.5 Å². The summed E-state index contributed by atoms with van der Waals surface area (Å²) in [5.74, 6) is -6.24. The van der Waals surface area contributed by atoms with Crippen LogP contribution in [0.5, 0.6) is 0 Å². The van der Waals surface area contributed by atoms with Gasteiger partial charge in [-0.15, -0.1) is 0 Å². The molecular formula is C15H18F10O4S. The molecule has 0 aliphatic rings. The molecule has 0 aliphatic carbocycles. The molecule has 0 saturated carbocycles. The molecule has 0 radical (unpaired) electrons. The molecule has 0 bridgehead atoms. The molecular weight excluding hydrogens is 466 g/mol. The zero-order valence-corrected chi connectivity index (χ0v) is 16.2. The Morgan fingerprint density at radius 3 is 1.77 bits per heavy atom. The van der Waals surface area contributed by atoms with Gasteiger partial charge in [0.25, 0.3) is 5.67 Å². The van der Waals surface area contributed by atoms with Gasteiger partial charge in [-0.1, -0.05) is 6.58 Å². The topological polar surface area (TPSA) is 60.4 Å². The van der Waals surface area contributed by atoms with E-state index in [0.717, 1.165) is 0 Å². The van der Waals surface area contributed by atoms with Crippen molar-refractivity contribution in [1.29, 1.82) is 0 Å². The van der Waals surface area contributed by atoms with Gasteiger partial charge in [-0.3, -0.25) is 0 Å². The number of ether oxygens (including phenoxy) is 1. The van der Waals surface area contributed by atoms with Crippen LogP contribution in [0.15, 0.2) is 12.2 Å². The van der Waals surface area contributed by atoms with Crippen LogP contribution in [0.2, 0.25) is 0 Å². The quantitative estimate of drug-likeness (QED) is 0.256. The van der Waals surface area contributed by atoms with Crippen molar-refractivity contribution in [2.45, 2.75) is 50.4 Å². The molecule has 0 spiro atoms. The normalized spacial score (nSPS) is 15.0. The lowest BCUT2D eigenvalue weighted by Crippen LogP contribution is -2.55. The number of sulfone groups is 1. The first-order valence-electron chi connectivity index (χ1n) is 8.06. The summed E-state index contributed by atoms with van der Waals surface area (Å²) < 4.78 is 155. The molecule has 1 unspecified atom stereocenters. The number of hydrogen-bond acceptors (Lipinski definition) is 4. The fourth-order valence-corrected chi connectivity index (χ4v) is 3.30. The maximum absolute atomic E-state index is 13.6. The summed E-state index contributed by atoms with van der Waals surface area (Å²) >= 11 is 0. The third kappa shape index (κ3) is 8.30. The molecule has 0 aromatic heterocycles. The zero-order valence-electron chi connectivity index (χ0n) is 15.3. The first kappa shape index (κ1) is 28.5. The van der Waals surface area contributed by atoms with Crippen LogP contribution in [0.4, 0.5) is 43.9 Å². The smallest absolute Gasteiger partial charge is 0.431 e. The van der Waals surface area contributed by atoms with Crippen molar-refractivity contribution >= 4 is 15.8 Å². The van der Waals surface area contributed by atoms with Gasteiger partial charge in [0.15, 0.2) is 9.84 Å². The monoisotopic (exact) mass is 484 g/mol. The highest BCUT2D eigenvalue weighted by Crippen LogP contribution is 2.52. The van der Waals surface area contributed by atoms with Crippen molar-refractivity contribution in [3.05, 3.63) is 12.2 Å². The highest BCUT2D eigenvalue weighted by atomic mass is 32.2. The largest absolute Gasteiger partial charge is 0.461 e. The molecule has 178 valence electrons. The van der Waals surface area contributed by atoms with E-state index in [9.17, 15) is 57.1 Å². The van der Waals surface area contributed by atoms with Gasteiger partial charge in [0.2, 0.25) is 0 Å². The van der Waals surface area contributed by atoms with Crippen molar-refractivity contribution in [1.82, 2.24) is 0 Å². The van der Waals surface area contributed by atoms with Crippen molar-refractivity contribution in [3.8, 4) is 0 Å². The van der Waals surface area contributed by atoms with Gasteiger partial charge in [-0.25, -0.2) is 17.6 Å².